The molecule has 200 valence electrons. The lowest BCUT2D eigenvalue weighted by Gasteiger charge is -2.26. The topological polar surface area (TPSA) is 148 Å². The molecule has 1 saturated carbocycles. The summed E-state index contributed by atoms with van der Waals surface area (Å²) in [6, 6.07) is 3.37. The van der Waals surface area contributed by atoms with Gasteiger partial charge < -0.3 is 34.5 Å². The molecular weight excluding hydrogens is 494 g/mol. The van der Waals surface area contributed by atoms with Crippen molar-refractivity contribution in [1.29, 1.82) is 0 Å². The summed E-state index contributed by atoms with van der Waals surface area (Å²) >= 11 is 0. The number of amides is 2. The number of carboxylic acids is 1. The van der Waals surface area contributed by atoms with Crippen LogP contribution in [0, 0.1) is 5.92 Å². The quantitative estimate of drug-likeness (QED) is 0.454. The molecule has 1 atom stereocenters. The second-order valence-electron chi connectivity index (χ2n) is 9.03. The number of aromatic nitrogens is 1. The summed E-state index contributed by atoms with van der Waals surface area (Å²) in [5, 5.41) is 8.99. The van der Waals surface area contributed by atoms with Crippen molar-refractivity contribution in [2.75, 3.05) is 26.7 Å². The minimum Gasteiger partial charge on any atom is -0.489 e. The fourth-order valence-electron chi connectivity index (χ4n) is 4.16. The highest BCUT2D eigenvalue weighted by Crippen LogP contribution is 2.37. The first-order chi connectivity index (χ1) is 17.7. The van der Waals surface area contributed by atoms with Gasteiger partial charge in [0.15, 0.2) is 23.0 Å². The van der Waals surface area contributed by atoms with Gasteiger partial charge in [-0.25, -0.2) is 4.98 Å². The molecule has 0 bridgehead atoms. The number of carbonyl (C=O) groups is 3. The van der Waals surface area contributed by atoms with Crippen molar-refractivity contribution >= 4 is 17.8 Å². The minimum atomic E-state index is -3.03. The van der Waals surface area contributed by atoms with Crippen molar-refractivity contribution in [2.24, 2.45) is 11.7 Å². The zero-order chi connectivity index (χ0) is 26.7. The van der Waals surface area contributed by atoms with Crippen LogP contribution in [0.4, 0.5) is 8.78 Å². The summed E-state index contributed by atoms with van der Waals surface area (Å²) in [5.74, 6) is -1.79. The van der Waals surface area contributed by atoms with Gasteiger partial charge in [-0.3, -0.25) is 14.4 Å². The van der Waals surface area contributed by atoms with Gasteiger partial charge in [0.2, 0.25) is 11.8 Å². The maximum atomic E-state index is 13.4. The zero-order valence-corrected chi connectivity index (χ0v) is 20.2. The van der Waals surface area contributed by atoms with Crippen molar-refractivity contribution < 1.29 is 42.2 Å². The number of carboxylic acid groups (broad SMARTS) is 1. The summed E-state index contributed by atoms with van der Waals surface area (Å²) in [6.07, 6.45) is 2.94. The Hall–Kier alpha value is -3.74. The maximum Gasteiger partial charge on any atom is 0.387 e. The van der Waals surface area contributed by atoms with Crippen LogP contribution in [0.5, 0.6) is 11.5 Å². The van der Waals surface area contributed by atoms with Crippen LogP contribution in [0.3, 0.4) is 0 Å². The summed E-state index contributed by atoms with van der Waals surface area (Å²) in [6.45, 7) is -3.05. The van der Waals surface area contributed by atoms with Gasteiger partial charge in [-0.2, -0.15) is 8.78 Å². The number of likely N-dealkylation sites (tertiary alicyclic amines) is 1. The van der Waals surface area contributed by atoms with Crippen molar-refractivity contribution in [3.63, 3.8) is 0 Å². The molecule has 2 amide bonds. The molecule has 1 aliphatic carbocycles. The summed E-state index contributed by atoms with van der Waals surface area (Å²) in [7, 11) is 1.36. The highest BCUT2D eigenvalue weighted by Gasteiger charge is 2.38. The van der Waals surface area contributed by atoms with E-state index in [9.17, 15) is 23.2 Å². The third-order valence-electron chi connectivity index (χ3n) is 6.21. The molecule has 1 aromatic heterocycles. The van der Waals surface area contributed by atoms with Crippen molar-refractivity contribution in [3.8, 4) is 23.0 Å². The van der Waals surface area contributed by atoms with Crippen LogP contribution in [0.25, 0.3) is 11.5 Å². The first-order valence-electron chi connectivity index (χ1n) is 11.9. The third kappa shape index (κ3) is 6.16. The van der Waals surface area contributed by atoms with E-state index in [2.05, 4.69) is 9.72 Å². The molecule has 0 radical (unpaired) electrons. The Kier molecular flexibility index (Phi) is 7.91. The van der Waals surface area contributed by atoms with Crippen LogP contribution in [0.1, 0.15) is 41.9 Å². The first kappa shape index (κ1) is 26.3. The van der Waals surface area contributed by atoms with E-state index < -0.39 is 37.0 Å². The normalized spacial score (nSPS) is 17.2. The standard InChI is InChI=1S/C24H28F2N4O7/c1-29(11-19(31)32)22(33)15-3-2-8-30(15)23(34)20-18(10-27)36-21(28-20)14-6-7-16(37-24(25)26)17(9-14)35-12-13-4-5-13/h6-7,9,13,15,24H,2-5,8,10-12,27H2,1H3,(H,31,32). The van der Waals surface area contributed by atoms with E-state index in [1.54, 1.807) is 0 Å². The van der Waals surface area contributed by atoms with E-state index in [1.807, 2.05) is 0 Å². The molecule has 2 aliphatic rings. The molecule has 13 heteroatoms. The number of rotatable bonds is 11. The second-order valence-corrected chi connectivity index (χ2v) is 9.03. The first-order valence-corrected chi connectivity index (χ1v) is 11.9. The van der Waals surface area contributed by atoms with Gasteiger partial charge in [0.1, 0.15) is 12.6 Å². The number of nitrogens with zero attached hydrogens (tertiary/aromatic N) is 3. The predicted octanol–water partition coefficient (Wildman–Crippen LogP) is 2.34. The highest BCUT2D eigenvalue weighted by atomic mass is 19.3. The number of aliphatic carboxylic acids is 1. The largest absolute Gasteiger partial charge is 0.489 e. The van der Waals surface area contributed by atoms with E-state index in [4.69, 9.17) is 20.0 Å². The lowest BCUT2D eigenvalue weighted by molar-refractivity contribution is -0.145. The van der Waals surface area contributed by atoms with Gasteiger partial charge >= 0.3 is 12.6 Å². The van der Waals surface area contributed by atoms with Crippen LogP contribution in [0.15, 0.2) is 22.6 Å². The molecule has 1 aliphatic heterocycles. The number of benzene rings is 1. The highest BCUT2D eigenvalue weighted by molar-refractivity contribution is 5.98. The number of likely N-dealkylation sites (N-methyl/N-ethyl adjacent to an activating group) is 1. The number of halogens is 2. The molecule has 4 rings (SSSR count). The van der Waals surface area contributed by atoms with E-state index in [0.29, 0.717) is 30.9 Å². The maximum absolute atomic E-state index is 13.4. The summed E-state index contributed by atoms with van der Waals surface area (Å²) in [5.41, 5.74) is 6.08. The minimum absolute atomic E-state index is 0.0220. The smallest absolute Gasteiger partial charge is 0.387 e. The Bertz CT molecular complexity index is 1170. The molecular formula is C24H28F2N4O7. The molecule has 11 nitrogen and oxygen atoms in total. The van der Waals surface area contributed by atoms with Crippen molar-refractivity contribution in [2.45, 2.75) is 44.9 Å². The Morgan fingerprint density at radius 3 is 2.68 bits per heavy atom. The fraction of sp³-hybridized carbons (Fsp3) is 0.500. The van der Waals surface area contributed by atoms with Crippen LogP contribution >= 0.6 is 0 Å². The van der Waals surface area contributed by atoms with E-state index in [1.165, 1.54) is 30.1 Å². The Balaban J connectivity index is 1.59. The van der Waals surface area contributed by atoms with Gasteiger partial charge in [0, 0.05) is 19.2 Å². The van der Waals surface area contributed by atoms with Gasteiger partial charge in [0.25, 0.3) is 5.91 Å². The van der Waals surface area contributed by atoms with Crippen molar-refractivity contribution in [1.82, 2.24) is 14.8 Å². The molecule has 3 N–H and O–H groups in total. The predicted molar refractivity (Wildman–Crippen MR) is 124 cm³/mol. The molecule has 1 unspecified atom stereocenters. The number of hydrogen-bond acceptors (Lipinski definition) is 8. The number of hydrogen-bond donors (Lipinski definition) is 2. The molecule has 2 aromatic rings. The van der Waals surface area contributed by atoms with Gasteiger partial charge in [0.05, 0.1) is 13.2 Å². The third-order valence-corrected chi connectivity index (χ3v) is 6.21. The Labute approximate surface area is 211 Å². The Morgan fingerprint density at radius 2 is 2.03 bits per heavy atom. The van der Waals surface area contributed by atoms with Crippen molar-refractivity contribution in [3.05, 3.63) is 29.7 Å². The monoisotopic (exact) mass is 522 g/mol. The number of carbonyl (C=O) groups excluding carboxylic acids is 2. The number of alkyl halides is 2. The lowest BCUT2D eigenvalue weighted by atomic mass is 10.2. The second kappa shape index (κ2) is 11.1. The van der Waals surface area contributed by atoms with Gasteiger partial charge in [-0.1, -0.05) is 0 Å². The van der Waals surface area contributed by atoms with Crippen LogP contribution in [0.2, 0.25) is 0 Å². The number of ether oxygens (including phenoxy) is 2. The molecule has 2 fully saturated rings. The SMILES string of the molecule is CN(CC(=O)O)C(=O)C1CCCN1C(=O)c1nc(-c2ccc(OC(F)F)c(OCC3CC3)c2)oc1CN. The molecule has 1 saturated heterocycles. The number of oxazole rings is 1. The lowest BCUT2D eigenvalue weighted by Crippen LogP contribution is -2.48. The van der Waals surface area contributed by atoms with Crippen LogP contribution < -0.4 is 15.2 Å². The van der Waals surface area contributed by atoms with E-state index in [-0.39, 0.29) is 41.9 Å². The van der Waals surface area contributed by atoms with Crippen LogP contribution in [-0.4, -0.2) is 77.1 Å². The Morgan fingerprint density at radius 1 is 1.27 bits per heavy atom. The molecule has 37 heavy (non-hydrogen) atoms. The van der Waals surface area contributed by atoms with Gasteiger partial charge in [-0.05, 0) is 49.8 Å². The fourth-order valence-corrected chi connectivity index (χ4v) is 4.16. The average molecular weight is 523 g/mol. The number of nitrogens with two attached hydrogens (primary N) is 1. The molecule has 1 aromatic carbocycles. The zero-order valence-electron chi connectivity index (χ0n) is 20.2. The summed E-state index contributed by atoms with van der Waals surface area (Å²) in [4.78, 5) is 43.9. The molecule has 0 spiro atoms. The van der Waals surface area contributed by atoms with Crippen LogP contribution in [-0.2, 0) is 16.1 Å². The average Bonchev–Trinajstić information content (AvgIpc) is 3.37. The van der Waals surface area contributed by atoms with E-state index in [0.717, 1.165) is 17.7 Å². The molecule has 2 heterocycles. The van der Waals surface area contributed by atoms with E-state index >= 15 is 0 Å². The van der Waals surface area contributed by atoms with Gasteiger partial charge in [-0.15, -0.1) is 0 Å². The summed E-state index contributed by atoms with van der Waals surface area (Å²) < 4.78 is 41.7.